The minimum atomic E-state index is -1.01. The Bertz CT molecular complexity index is 584. The van der Waals surface area contributed by atoms with Crippen molar-refractivity contribution in [2.45, 2.75) is 31.7 Å². The fourth-order valence-corrected chi connectivity index (χ4v) is 3.87. The van der Waals surface area contributed by atoms with E-state index < -0.39 is 12.1 Å². The van der Waals surface area contributed by atoms with Crippen LogP contribution in [0.4, 0.5) is 9.80 Å². The summed E-state index contributed by atoms with van der Waals surface area (Å²) in [5.74, 6) is -0.596. The van der Waals surface area contributed by atoms with Gasteiger partial charge in [0.15, 0.2) is 5.69 Å². The highest BCUT2D eigenvalue weighted by atomic mass is 32.1. The molecular weight excluding hydrogens is 294 g/mol. The van der Waals surface area contributed by atoms with E-state index >= 15 is 0 Å². The van der Waals surface area contributed by atoms with Crippen molar-refractivity contribution in [1.82, 2.24) is 9.88 Å². The van der Waals surface area contributed by atoms with Crippen LogP contribution in [0, 0.1) is 0 Å². The molecule has 21 heavy (non-hydrogen) atoms. The third-order valence-electron chi connectivity index (χ3n) is 3.92. The van der Waals surface area contributed by atoms with E-state index in [1.165, 1.54) is 16.2 Å². The number of amides is 1. The molecule has 2 fully saturated rings. The Morgan fingerprint density at radius 1 is 1.29 bits per heavy atom. The van der Waals surface area contributed by atoms with Gasteiger partial charge in [-0.1, -0.05) is 0 Å². The van der Waals surface area contributed by atoms with Crippen molar-refractivity contribution in [2.75, 3.05) is 24.5 Å². The summed E-state index contributed by atoms with van der Waals surface area (Å²) in [6.07, 6.45) is 1.23. The maximum Gasteiger partial charge on any atom is 0.407 e. The molecule has 1 atom stereocenters. The molecule has 1 aliphatic carbocycles. The lowest BCUT2D eigenvalue weighted by Crippen LogP contribution is -2.53. The van der Waals surface area contributed by atoms with Crippen LogP contribution in [0.25, 0.3) is 0 Å². The number of carboxylic acid groups (broad SMARTS) is 2. The number of carbonyl (C=O) groups is 2. The summed E-state index contributed by atoms with van der Waals surface area (Å²) in [6.45, 7) is 3.22. The van der Waals surface area contributed by atoms with Crippen LogP contribution in [-0.4, -0.2) is 57.8 Å². The molecule has 7 nitrogen and oxygen atoms in total. The Hall–Kier alpha value is -1.83. The summed E-state index contributed by atoms with van der Waals surface area (Å²) in [6, 6.07) is -0.163. The van der Waals surface area contributed by atoms with Gasteiger partial charge in [-0.25, -0.2) is 14.6 Å². The van der Waals surface area contributed by atoms with E-state index in [9.17, 15) is 14.7 Å². The molecule has 1 aromatic heterocycles. The molecule has 2 heterocycles. The largest absolute Gasteiger partial charge is 0.476 e. The van der Waals surface area contributed by atoms with Gasteiger partial charge in [0, 0.05) is 31.6 Å². The quantitative estimate of drug-likeness (QED) is 0.885. The number of nitrogens with zero attached hydrogens (tertiary/aromatic N) is 3. The average molecular weight is 311 g/mol. The number of carboxylic acids is 1. The van der Waals surface area contributed by atoms with Crippen molar-refractivity contribution < 1.29 is 19.8 Å². The zero-order valence-electron chi connectivity index (χ0n) is 11.7. The van der Waals surface area contributed by atoms with E-state index in [-0.39, 0.29) is 11.7 Å². The first-order valence-electron chi connectivity index (χ1n) is 6.96. The number of thiazole rings is 1. The molecule has 0 unspecified atom stereocenters. The number of piperazine rings is 1. The SMILES string of the molecule is C[C@@H]1CN(c2sc(C3CC3)nc2C(=O)O)CCN1C(=O)O. The number of rotatable bonds is 3. The smallest absolute Gasteiger partial charge is 0.407 e. The average Bonchev–Trinajstić information content (AvgIpc) is 3.16. The lowest BCUT2D eigenvalue weighted by Gasteiger charge is -2.38. The number of aromatic nitrogens is 1. The Morgan fingerprint density at radius 3 is 2.52 bits per heavy atom. The highest BCUT2D eigenvalue weighted by Gasteiger charge is 2.34. The molecular formula is C13H17N3O4S. The van der Waals surface area contributed by atoms with E-state index in [0.717, 1.165) is 17.8 Å². The third-order valence-corrected chi connectivity index (χ3v) is 5.19. The van der Waals surface area contributed by atoms with Crippen LogP contribution < -0.4 is 4.90 Å². The lowest BCUT2D eigenvalue weighted by molar-refractivity contribution is 0.0690. The summed E-state index contributed by atoms with van der Waals surface area (Å²) in [5.41, 5.74) is 0.109. The molecule has 0 spiro atoms. The van der Waals surface area contributed by atoms with Crippen molar-refractivity contribution in [3.05, 3.63) is 10.7 Å². The van der Waals surface area contributed by atoms with Crippen molar-refractivity contribution in [1.29, 1.82) is 0 Å². The van der Waals surface area contributed by atoms with E-state index in [1.807, 2.05) is 11.8 Å². The second-order valence-corrected chi connectivity index (χ2v) is 6.57. The van der Waals surface area contributed by atoms with Gasteiger partial charge in [-0.05, 0) is 19.8 Å². The fourth-order valence-electron chi connectivity index (χ4n) is 2.61. The first-order chi connectivity index (χ1) is 9.97. The van der Waals surface area contributed by atoms with E-state index in [1.54, 1.807) is 0 Å². The molecule has 2 aliphatic rings. The van der Waals surface area contributed by atoms with Crippen LogP contribution in [0.15, 0.2) is 0 Å². The summed E-state index contributed by atoms with van der Waals surface area (Å²) < 4.78 is 0. The van der Waals surface area contributed by atoms with Gasteiger partial charge in [-0.3, -0.25) is 0 Å². The number of aromatic carboxylic acids is 1. The summed E-state index contributed by atoms with van der Waals surface area (Å²) in [5, 5.41) is 20.0. The van der Waals surface area contributed by atoms with Crippen molar-refractivity contribution in [2.24, 2.45) is 0 Å². The molecule has 1 saturated carbocycles. The van der Waals surface area contributed by atoms with Crippen molar-refractivity contribution >= 4 is 28.4 Å². The molecule has 114 valence electrons. The van der Waals surface area contributed by atoms with Crippen LogP contribution >= 0.6 is 11.3 Å². The topological polar surface area (TPSA) is 94.0 Å². The van der Waals surface area contributed by atoms with Crippen LogP contribution in [0.5, 0.6) is 0 Å². The van der Waals surface area contributed by atoms with Gasteiger partial charge >= 0.3 is 12.1 Å². The highest BCUT2D eigenvalue weighted by Crippen LogP contribution is 2.45. The predicted molar refractivity (Wildman–Crippen MR) is 77.5 cm³/mol. The van der Waals surface area contributed by atoms with Gasteiger partial charge in [0.2, 0.25) is 0 Å². The van der Waals surface area contributed by atoms with Gasteiger partial charge < -0.3 is 20.0 Å². The Morgan fingerprint density at radius 2 is 2.00 bits per heavy atom. The number of hydrogen-bond donors (Lipinski definition) is 2. The van der Waals surface area contributed by atoms with E-state index in [0.29, 0.717) is 30.6 Å². The normalized spacial score (nSPS) is 22.4. The molecule has 1 amide bonds. The van der Waals surface area contributed by atoms with Gasteiger partial charge in [-0.2, -0.15) is 0 Å². The molecule has 1 aromatic rings. The highest BCUT2D eigenvalue weighted by molar-refractivity contribution is 7.16. The lowest BCUT2D eigenvalue weighted by atomic mass is 10.2. The minimum Gasteiger partial charge on any atom is -0.476 e. The number of hydrogen-bond acceptors (Lipinski definition) is 5. The summed E-state index contributed by atoms with van der Waals surface area (Å²) >= 11 is 1.44. The molecule has 8 heteroatoms. The number of anilines is 1. The molecule has 0 bridgehead atoms. The van der Waals surface area contributed by atoms with E-state index in [2.05, 4.69) is 4.98 Å². The minimum absolute atomic E-state index is 0.109. The van der Waals surface area contributed by atoms with Crippen LogP contribution in [-0.2, 0) is 0 Å². The summed E-state index contributed by atoms with van der Waals surface area (Å²) in [4.78, 5) is 30.1. The van der Waals surface area contributed by atoms with Crippen molar-refractivity contribution in [3.8, 4) is 0 Å². The van der Waals surface area contributed by atoms with Crippen LogP contribution in [0.2, 0.25) is 0 Å². The maximum atomic E-state index is 11.4. The maximum absolute atomic E-state index is 11.4. The van der Waals surface area contributed by atoms with E-state index in [4.69, 9.17) is 5.11 Å². The first-order valence-corrected chi connectivity index (χ1v) is 7.77. The van der Waals surface area contributed by atoms with Crippen molar-refractivity contribution in [3.63, 3.8) is 0 Å². The summed E-state index contributed by atoms with van der Waals surface area (Å²) in [7, 11) is 0. The Labute approximate surface area is 125 Å². The van der Waals surface area contributed by atoms with Gasteiger partial charge in [0.05, 0.1) is 5.01 Å². The Kier molecular flexibility index (Phi) is 3.48. The third kappa shape index (κ3) is 2.67. The molecule has 0 aromatic carbocycles. The molecule has 3 rings (SSSR count). The standard InChI is InChI=1S/C13H17N3O4S/c1-7-6-15(4-5-16(7)13(19)20)11-9(12(17)18)14-10(21-11)8-2-3-8/h7-8H,2-6H2,1H3,(H,17,18)(H,19,20)/t7-/m1/s1. The van der Waals surface area contributed by atoms with Crippen LogP contribution in [0.3, 0.4) is 0 Å². The van der Waals surface area contributed by atoms with Gasteiger partial charge in [-0.15, -0.1) is 11.3 Å². The zero-order valence-corrected chi connectivity index (χ0v) is 12.5. The van der Waals surface area contributed by atoms with Crippen LogP contribution in [0.1, 0.15) is 41.2 Å². The van der Waals surface area contributed by atoms with Gasteiger partial charge in [0.1, 0.15) is 5.00 Å². The molecule has 1 aliphatic heterocycles. The molecule has 1 saturated heterocycles. The van der Waals surface area contributed by atoms with Gasteiger partial charge in [0.25, 0.3) is 0 Å². The second kappa shape index (κ2) is 5.18. The zero-order chi connectivity index (χ0) is 15.1. The monoisotopic (exact) mass is 311 g/mol. The molecule has 0 radical (unpaired) electrons. The Balaban J connectivity index is 1.83. The molecule has 2 N–H and O–H groups in total. The fraction of sp³-hybridized carbons (Fsp3) is 0.615. The second-order valence-electron chi connectivity index (χ2n) is 5.56. The first kappa shape index (κ1) is 14.1. The predicted octanol–water partition coefficient (Wildman–Crippen LogP) is 1.91.